The third-order valence-electron chi connectivity index (χ3n) is 5.76. The highest BCUT2D eigenvalue weighted by molar-refractivity contribution is 6.06. The average Bonchev–Trinajstić information content (AvgIpc) is 3.42. The molecule has 164 valence electrons. The Balaban J connectivity index is 1.46. The fourth-order valence-corrected chi connectivity index (χ4v) is 4.01. The zero-order valence-corrected chi connectivity index (χ0v) is 17.9. The number of nitrogens with one attached hydrogen (secondary N) is 1. The molecule has 4 heterocycles. The Morgan fingerprint density at radius 3 is 2.84 bits per heavy atom. The van der Waals surface area contributed by atoms with E-state index in [2.05, 4.69) is 25.3 Å². The minimum atomic E-state index is -0.781. The molecule has 1 saturated heterocycles. The van der Waals surface area contributed by atoms with Crippen LogP contribution in [0.4, 0.5) is 15.8 Å². The molecule has 0 aliphatic carbocycles. The second kappa shape index (κ2) is 8.07. The predicted octanol–water partition coefficient (Wildman–Crippen LogP) is 4.12. The number of alkyl halides is 1. The monoisotopic (exact) mass is 434 g/mol. The number of nitrogens with zero attached hydrogens (tertiary/aromatic N) is 5. The zero-order valence-electron chi connectivity index (χ0n) is 17.9. The van der Waals surface area contributed by atoms with Gasteiger partial charge in [-0.25, -0.2) is 9.37 Å². The molecule has 5 rings (SSSR count). The number of hydrogen-bond acceptors (Lipinski definition) is 6. The van der Waals surface area contributed by atoms with E-state index in [-0.39, 0.29) is 11.6 Å². The van der Waals surface area contributed by atoms with Gasteiger partial charge in [-0.3, -0.25) is 14.5 Å². The Morgan fingerprint density at radius 2 is 2.06 bits per heavy atom. The largest absolute Gasteiger partial charge is 0.444 e. The normalized spacial score (nSPS) is 14.8. The molecular formula is C23H23FN6O2. The molecule has 8 nitrogen and oxygen atoms in total. The van der Waals surface area contributed by atoms with E-state index in [9.17, 15) is 9.18 Å². The van der Waals surface area contributed by atoms with Crippen LogP contribution in [0.25, 0.3) is 22.4 Å². The van der Waals surface area contributed by atoms with Gasteiger partial charge in [-0.05, 0) is 44.0 Å². The van der Waals surface area contributed by atoms with Crippen molar-refractivity contribution in [2.24, 2.45) is 7.05 Å². The third-order valence-corrected chi connectivity index (χ3v) is 5.76. The molecule has 3 aromatic heterocycles. The minimum Gasteiger partial charge on any atom is -0.444 e. The molecular weight excluding hydrogens is 411 g/mol. The summed E-state index contributed by atoms with van der Waals surface area (Å²) < 4.78 is 21.0. The van der Waals surface area contributed by atoms with Gasteiger partial charge in [-0.2, -0.15) is 5.10 Å². The van der Waals surface area contributed by atoms with E-state index in [1.165, 1.54) is 6.26 Å². The van der Waals surface area contributed by atoms with Gasteiger partial charge in [-0.1, -0.05) is 0 Å². The molecule has 1 aliphatic heterocycles. The molecule has 0 saturated carbocycles. The molecule has 32 heavy (non-hydrogen) atoms. The van der Waals surface area contributed by atoms with Crippen molar-refractivity contribution < 1.29 is 13.6 Å². The molecule has 0 unspecified atom stereocenters. The standard InChI is InChI=1S/C23H23FN6O2/c1-14-9-15(3-6-25-14)23-28-19(13-32-23)22(31)27-18-11-20-16(12-26-29(20)2)10-21(18)30-7-4-17(24)5-8-30/h3,6,9-13,17H,4-5,7-8H2,1-2H3,(H,27,31). The number of benzene rings is 1. The number of aromatic nitrogens is 4. The number of pyridine rings is 1. The van der Waals surface area contributed by atoms with E-state index >= 15 is 0 Å². The summed E-state index contributed by atoms with van der Waals surface area (Å²) in [4.78, 5) is 23.6. The molecule has 0 atom stereocenters. The molecule has 1 aromatic carbocycles. The zero-order chi connectivity index (χ0) is 22.2. The second-order valence-electron chi connectivity index (χ2n) is 8.04. The van der Waals surface area contributed by atoms with Crippen molar-refractivity contribution >= 4 is 28.2 Å². The lowest BCUT2D eigenvalue weighted by Crippen LogP contribution is -2.35. The van der Waals surface area contributed by atoms with Crippen LogP contribution in [0.15, 0.2) is 47.3 Å². The van der Waals surface area contributed by atoms with Crippen LogP contribution in [0.5, 0.6) is 0 Å². The number of oxazole rings is 1. The number of anilines is 2. The Hall–Kier alpha value is -3.75. The number of carbonyl (C=O) groups excluding carboxylic acids is 1. The van der Waals surface area contributed by atoms with Gasteiger partial charge in [0, 0.05) is 43.0 Å². The van der Waals surface area contributed by atoms with Crippen LogP contribution in [0, 0.1) is 6.92 Å². The summed E-state index contributed by atoms with van der Waals surface area (Å²) in [6, 6.07) is 7.51. The van der Waals surface area contributed by atoms with Gasteiger partial charge < -0.3 is 14.6 Å². The predicted molar refractivity (Wildman–Crippen MR) is 119 cm³/mol. The van der Waals surface area contributed by atoms with Gasteiger partial charge >= 0.3 is 0 Å². The number of halogens is 1. The van der Waals surface area contributed by atoms with Crippen LogP contribution in [-0.2, 0) is 7.05 Å². The first-order valence-electron chi connectivity index (χ1n) is 10.5. The van der Waals surface area contributed by atoms with Crippen molar-refractivity contribution in [3.05, 3.63) is 54.3 Å². The van der Waals surface area contributed by atoms with Gasteiger partial charge in [0.2, 0.25) is 5.89 Å². The van der Waals surface area contributed by atoms with Crippen LogP contribution < -0.4 is 10.2 Å². The highest BCUT2D eigenvalue weighted by Gasteiger charge is 2.23. The van der Waals surface area contributed by atoms with Gasteiger partial charge in [0.15, 0.2) is 5.69 Å². The van der Waals surface area contributed by atoms with Crippen molar-refractivity contribution in [1.82, 2.24) is 19.7 Å². The Bertz CT molecular complexity index is 1290. The van der Waals surface area contributed by atoms with Crippen molar-refractivity contribution in [3.8, 4) is 11.5 Å². The summed E-state index contributed by atoms with van der Waals surface area (Å²) in [6.07, 6.45) is 4.96. The SMILES string of the molecule is Cc1cc(-c2nc(C(=O)Nc3cc4c(cnn4C)cc3N3CCC(F)CC3)co2)ccn1. The lowest BCUT2D eigenvalue weighted by atomic mass is 10.1. The lowest BCUT2D eigenvalue weighted by molar-refractivity contribution is 0.102. The maximum Gasteiger partial charge on any atom is 0.277 e. The molecule has 0 spiro atoms. The fourth-order valence-electron chi connectivity index (χ4n) is 4.01. The first-order valence-corrected chi connectivity index (χ1v) is 10.5. The summed E-state index contributed by atoms with van der Waals surface area (Å²) in [7, 11) is 1.85. The third kappa shape index (κ3) is 3.81. The van der Waals surface area contributed by atoms with E-state index in [1.807, 2.05) is 32.2 Å². The van der Waals surface area contributed by atoms with Gasteiger partial charge in [0.1, 0.15) is 12.4 Å². The molecule has 1 amide bonds. The number of piperidine rings is 1. The summed E-state index contributed by atoms with van der Waals surface area (Å²) in [5.41, 5.74) is 4.12. The first-order chi connectivity index (χ1) is 15.5. The van der Waals surface area contributed by atoms with Gasteiger partial charge in [0.25, 0.3) is 5.91 Å². The molecule has 9 heteroatoms. The highest BCUT2D eigenvalue weighted by Crippen LogP contribution is 2.34. The van der Waals surface area contributed by atoms with Gasteiger partial charge in [0.05, 0.1) is 23.1 Å². The Kier molecular flexibility index (Phi) is 5.08. The first kappa shape index (κ1) is 20.2. The fraction of sp³-hybridized carbons (Fsp3) is 0.304. The maximum absolute atomic E-state index is 13.7. The topological polar surface area (TPSA) is 89.1 Å². The van der Waals surface area contributed by atoms with E-state index in [1.54, 1.807) is 23.1 Å². The van der Waals surface area contributed by atoms with Crippen LogP contribution >= 0.6 is 0 Å². The van der Waals surface area contributed by atoms with Crippen LogP contribution in [0.2, 0.25) is 0 Å². The van der Waals surface area contributed by atoms with E-state index in [4.69, 9.17) is 4.42 Å². The number of fused-ring (bicyclic) bond motifs is 1. The lowest BCUT2D eigenvalue weighted by Gasteiger charge is -2.32. The molecule has 0 radical (unpaired) electrons. The summed E-state index contributed by atoms with van der Waals surface area (Å²) >= 11 is 0. The number of hydrogen-bond donors (Lipinski definition) is 1. The van der Waals surface area contributed by atoms with E-state index in [0.29, 0.717) is 37.5 Å². The maximum atomic E-state index is 13.7. The van der Waals surface area contributed by atoms with Crippen molar-refractivity contribution in [1.29, 1.82) is 0 Å². The minimum absolute atomic E-state index is 0.174. The number of aryl methyl sites for hydroxylation is 2. The Morgan fingerprint density at radius 1 is 1.25 bits per heavy atom. The van der Waals surface area contributed by atoms with Crippen molar-refractivity contribution in [3.63, 3.8) is 0 Å². The van der Waals surface area contributed by atoms with Crippen molar-refractivity contribution in [2.45, 2.75) is 25.9 Å². The van der Waals surface area contributed by atoms with E-state index < -0.39 is 6.17 Å². The second-order valence-corrected chi connectivity index (χ2v) is 8.04. The quantitative estimate of drug-likeness (QED) is 0.520. The molecule has 1 N–H and O–H groups in total. The molecule has 0 bridgehead atoms. The van der Waals surface area contributed by atoms with Gasteiger partial charge in [-0.15, -0.1) is 0 Å². The number of carbonyl (C=O) groups is 1. The summed E-state index contributed by atoms with van der Waals surface area (Å²) in [6.45, 7) is 3.05. The summed E-state index contributed by atoms with van der Waals surface area (Å²) in [5, 5.41) is 8.24. The Labute approximate surface area is 184 Å². The highest BCUT2D eigenvalue weighted by atomic mass is 19.1. The number of amides is 1. The molecule has 1 fully saturated rings. The van der Waals surface area contributed by atoms with Crippen LogP contribution in [0.1, 0.15) is 29.0 Å². The van der Waals surface area contributed by atoms with Crippen molar-refractivity contribution in [2.75, 3.05) is 23.3 Å². The number of rotatable bonds is 4. The van der Waals surface area contributed by atoms with Crippen LogP contribution in [-0.4, -0.2) is 44.9 Å². The van der Waals surface area contributed by atoms with E-state index in [0.717, 1.165) is 27.8 Å². The molecule has 4 aromatic rings. The average molecular weight is 434 g/mol. The smallest absolute Gasteiger partial charge is 0.277 e. The molecule has 1 aliphatic rings. The summed E-state index contributed by atoms with van der Waals surface area (Å²) in [5.74, 6) is -0.0260. The van der Waals surface area contributed by atoms with Crippen LogP contribution in [0.3, 0.4) is 0 Å².